The lowest BCUT2D eigenvalue weighted by molar-refractivity contribution is -0.129. The first-order valence-electron chi connectivity index (χ1n) is 10.3. The first-order chi connectivity index (χ1) is 14.1. The van der Waals surface area contributed by atoms with Crippen molar-refractivity contribution in [2.24, 2.45) is 0 Å². The Balaban J connectivity index is 1.76. The van der Waals surface area contributed by atoms with Gasteiger partial charge in [-0.25, -0.2) is 4.68 Å². The van der Waals surface area contributed by atoms with Crippen LogP contribution in [-0.4, -0.2) is 39.7 Å². The van der Waals surface area contributed by atoms with Gasteiger partial charge in [0.25, 0.3) is 0 Å². The molecule has 1 saturated heterocycles. The maximum atomic E-state index is 12.3. The van der Waals surface area contributed by atoms with Gasteiger partial charge in [-0.2, -0.15) is 5.10 Å². The molecule has 150 valence electrons. The molecule has 1 atom stereocenters. The fraction of sp³-hybridized carbons (Fsp3) is 0.333. The fourth-order valence-electron chi connectivity index (χ4n) is 4.07. The van der Waals surface area contributed by atoms with E-state index in [-0.39, 0.29) is 11.9 Å². The Bertz CT molecular complexity index is 1010. The zero-order valence-electron chi connectivity index (χ0n) is 17.4. The first kappa shape index (κ1) is 19.4. The molecule has 1 aliphatic rings. The molecule has 0 spiro atoms. The Hall–Kier alpha value is -2.92. The van der Waals surface area contributed by atoms with E-state index in [2.05, 4.69) is 67.5 Å². The lowest BCUT2D eigenvalue weighted by Gasteiger charge is -2.34. The van der Waals surface area contributed by atoms with Crippen molar-refractivity contribution in [1.29, 1.82) is 0 Å². The van der Waals surface area contributed by atoms with Crippen molar-refractivity contribution in [2.75, 3.05) is 13.1 Å². The van der Waals surface area contributed by atoms with Gasteiger partial charge in [-0.1, -0.05) is 49.4 Å². The predicted molar refractivity (Wildman–Crippen MR) is 116 cm³/mol. The summed E-state index contributed by atoms with van der Waals surface area (Å²) < 4.78 is 1.99. The second kappa shape index (κ2) is 8.21. The average Bonchev–Trinajstić information content (AvgIpc) is 3.14. The third-order valence-corrected chi connectivity index (χ3v) is 5.65. The van der Waals surface area contributed by atoms with Gasteiger partial charge in [0.1, 0.15) is 0 Å². The van der Waals surface area contributed by atoms with Gasteiger partial charge in [0, 0.05) is 37.0 Å². The van der Waals surface area contributed by atoms with Gasteiger partial charge in [0.2, 0.25) is 5.91 Å². The molecule has 0 unspecified atom stereocenters. The monoisotopic (exact) mass is 388 g/mol. The molecule has 1 fully saturated rings. The second-order valence-electron chi connectivity index (χ2n) is 7.79. The van der Waals surface area contributed by atoms with Crippen LogP contribution in [0.5, 0.6) is 0 Å². The summed E-state index contributed by atoms with van der Waals surface area (Å²) in [6.45, 7) is 8.54. The third-order valence-electron chi connectivity index (χ3n) is 5.65. The van der Waals surface area contributed by atoms with Crippen LogP contribution in [0.4, 0.5) is 0 Å². The van der Waals surface area contributed by atoms with E-state index in [1.807, 2.05) is 22.9 Å². The Morgan fingerprint density at radius 2 is 1.93 bits per heavy atom. The van der Waals surface area contributed by atoms with Crippen molar-refractivity contribution in [2.45, 2.75) is 39.8 Å². The molecule has 2 heterocycles. The minimum absolute atomic E-state index is 0.0866. The van der Waals surface area contributed by atoms with Gasteiger partial charge in [-0.15, -0.1) is 0 Å². The third kappa shape index (κ3) is 3.96. The number of carbonyl (C=O) groups excluding carboxylic acids is 1. The van der Waals surface area contributed by atoms with E-state index in [0.29, 0.717) is 13.1 Å². The zero-order valence-corrected chi connectivity index (χ0v) is 17.4. The van der Waals surface area contributed by atoms with Crippen LogP contribution in [-0.2, 0) is 11.3 Å². The molecule has 1 aliphatic heterocycles. The highest BCUT2D eigenvalue weighted by molar-refractivity contribution is 5.82. The van der Waals surface area contributed by atoms with Crippen LogP contribution in [0.2, 0.25) is 0 Å². The second-order valence-corrected chi connectivity index (χ2v) is 7.79. The predicted octanol–water partition coefficient (Wildman–Crippen LogP) is 3.87. The van der Waals surface area contributed by atoms with Gasteiger partial charge >= 0.3 is 0 Å². The van der Waals surface area contributed by atoms with Gasteiger partial charge in [0.05, 0.1) is 17.4 Å². The van der Waals surface area contributed by atoms with E-state index < -0.39 is 0 Å². The summed E-state index contributed by atoms with van der Waals surface area (Å²) in [6.07, 6.45) is 2.93. The lowest BCUT2D eigenvalue weighted by atomic mass is 10.1. The van der Waals surface area contributed by atoms with E-state index in [9.17, 15) is 4.79 Å². The normalized spacial score (nSPS) is 17.3. The van der Waals surface area contributed by atoms with E-state index in [1.165, 1.54) is 11.1 Å². The number of carbonyl (C=O) groups is 1. The number of rotatable bonds is 5. The molecule has 0 aliphatic carbocycles. The lowest BCUT2D eigenvalue weighted by Crippen LogP contribution is -2.54. The molecule has 2 aromatic carbocycles. The SMILES string of the molecule is CC[C@@H]1C(=O)NCCN1Cc1cn(-c2cc(C)ccc2C)nc1-c1ccccc1. The minimum Gasteiger partial charge on any atom is -0.353 e. The van der Waals surface area contributed by atoms with Crippen molar-refractivity contribution >= 4 is 5.91 Å². The number of piperazine rings is 1. The number of hydrogen-bond acceptors (Lipinski definition) is 3. The molecule has 0 saturated carbocycles. The summed E-state index contributed by atoms with van der Waals surface area (Å²) >= 11 is 0. The molecule has 5 nitrogen and oxygen atoms in total. The number of amides is 1. The first-order valence-corrected chi connectivity index (χ1v) is 10.3. The summed E-state index contributed by atoms with van der Waals surface area (Å²) in [6, 6.07) is 16.6. The van der Waals surface area contributed by atoms with Crippen molar-refractivity contribution in [3.63, 3.8) is 0 Å². The van der Waals surface area contributed by atoms with Crippen molar-refractivity contribution in [3.05, 3.63) is 71.4 Å². The summed E-state index contributed by atoms with van der Waals surface area (Å²) in [5.41, 5.74) is 6.71. The van der Waals surface area contributed by atoms with Crippen molar-refractivity contribution in [1.82, 2.24) is 20.0 Å². The Kier molecular flexibility index (Phi) is 5.49. The topological polar surface area (TPSA) is 50.2 Å². The maximum absolute atomic E-state index is 12.3. The molecule has 5 heteroatoms. The molecule has 4 rings (SSSR count). The Labute approximate surface area is 172 Å². The van der Waals surface area contributed by atoms with Crippen LogP contribution in [0.3, 0.4) is 0 Å². The summed E-state index contributed by atoms with van der Waals surface area (Å²) in [5, 5.41) is 7.97. The van der Waals surface area contributed by atoms with Gasteiger partial charge in [-0.05, 0) is 37.5 Å². The highest BCUT2D eigenvalue weighted by Gasteiger charge is 2.29. The van der Waals surface area contributed by atoms with Gasteiger partial charge in [0.15, 0.2) is 0 Å². The number of aromatic nitrogens is 2. The molecule has 0 bridgehead atoms. The summed E-state index contributed by atoms with van der Waals surface area (Å²) in [4.78, 5) is 14.6. The Morgan fingerprint density at radius 3 is 2.69 bits per heavy atom. The molecule has 29 heavy (non-hydrogen) atoms. The number of benzene rings is 2. The number of nitrogens with zero attached hydrogens (tertiary/aromatic N) is 3. The molecule has 1 aromatic heterocycles. The zero-order chi connectivity index (χ0) is 20.4. The molecule has 1 N–H and O–H groups in total. The van der Waals surface area contributed by atoms with Crippen molar-refractivity contribution < 1.29 is 4.79 Å². The molecular weight excluding hydrogens is 360 g/mol. The number of hydrogen-bond donors (Lipinski definition) is 1. The van der Waals surface area contributed by atoms with Crippen LogP contribution in [0.25, 0.3) is 16.9 Å². The summed E-state index contributed by atoms with van der Waals surface area (Å²) in [5.74, 6) is 0.127. The van der Waals surface area contributed by atoms with Crippen molar-refractivity contribution in [3.8, 4) is 16.9 Å². The molecular formula is C24H28N4O. The minimum atomic E-state index is -0.0866. The highest BCUT2D eigenvalue weighted by Crippen LogP contribution is 2.27. The largest absolute Gasteiger partial charge is 0.353 e. The molecule has 3 aromatic rings. The van der Waals surface area contributed by atoms with Gasteiger partial charge in [-0.3, -0.25) is 9.69 Å². The van der Waals surface area contributed by atoms with Crippen LogP contribution >= 0.6 is 0 Å². The highest BCUT2D eigenvalue weighted by atomic mass is 16.2. The van der Waals surface area contributed by atoms with E-state index in [4.69, 9.17) is 5.10 Å². The van der Waals surface area contributed by atoms with Crippen LogP contribution in [0.15, 0.2) is 54.7 Å². The smallest absolute Gasteiger partial charge is 0.237 e. The van der Waals surface area contributed by atoms with Gasteiger partial charge < -0.3 is 5.32 Å². The summed E-state index contributed by atoms with van der Waals surface area (Å²) in [7, 11) is 0. The van der Waals surface area contributed by atoms with E-state index in [1.54, 1.807) is 0 Å². The molecule has 1 amide bonds. The van der Waals surface area contributed by atoms with Crippen LogP contribution in [0, 0.1) is 13.8 Å². The number of aryl methyl sites for hydroxylation is 2. The van der Waals surface area contributed by atoms with Crippen LogP contribution < -0.4 is 5.32 Å². The Morgan fingerprint density at radius 1 is 1.14 bits per heavy atom. The quantitative estimate of drug-likeness (QED) is 0.722. The number of nitrogens with one attached hydrogen (secondary N) is 1. The average molecular weight is 389 g/mol. The molecule has 0 radical (unpaired) electrons. The van der Waals surface area contributed by atoms with E-state index in [0.717, 1.165) is 35.5 Å². The standard InChI is InChI=1S/C24H28N4O/c1-4-21-24(29)25-12-13-27(21)15-20-16-28(22-14-17(2)10-11-18(22)3)26-23(20)19-8-6-5-7-9-19/h5-11,14,16,21H,4,12-13,15H2,1-3H3,(H,25,29)/t21-/m1/s1. The van der Waals surface area contributed by atoms with E-state index >= 15 is 0 Å². The van der Waals surface area contributed by atoms with Crippen LogP contribution in [0.1, 0.15) is 30.0 Å². The maximum Gasteiger partial charge on any atom is 0.237 e. The fourth-order valence-corrected chi connectivity index (χ4v) is 4.07.